The third kappa shape index (κ3) is 4.94. The molecule has 2 aromatic rings. The number of benzene rings is 1. The van der Waals surface area contributed by atoms with E-state index in [9.17, 15) is 19.4 Å². The summed E-state index contributed by atoms with van der Waals surface area (Å²) in [5, 5.41) is 31.5. The minimum atomic E-state index is -0.856. The van der Waals surface area contributed by atoms with E-state index in [-0.39, 0.29) is 24.3 Å². The Morgan fingerprint density at radius 1 is 1.29 bits per heavy atom. The Morgan fingerprint density at radius 2 is 2.06 bits per heavy atom. The van der Waals surface area contributed by atoms with E-state index in [1.165, 1.54) is 18.2 Å². The van der Waals surface area contributed by atoms with Gasteiger partial charge < -0.3 is 20.3 Å². The summed E-state index contributed by atoms with van der Waals surface area (Å²) in [7, 11) is 0. The lowest BCUT2D eigenvalue weighted by molar-refractivity contribution is -0.0912. The molecular formula is C22H29FN4O4. The van der Waals surface area contributed by atoms with Gasteiger partial charge in [-0.1, -0.05) is 30.2 Å². The zero-order valence-electron chi connectivity index (χ0n) is 17.4. The third-order valence-corrected chi connectivity index (χ3v) is 6.36. The van der Waals surface area contributed by atoms with Crippen LogP contribution in [0.5, 0.6) is 0 Å². The molecule has 1 saturated heterocycles. The van der Waals surface area contributed by atoms with Gasteiger partial charge in [0, 0.05) is 6.54 Å². The number of rotatable bonds is 7. The van der Waals surface area contributed by atoms with Crippen molar-refractivity contribution < 1.29 is 24.1 Å². The van der Waals surface area contributed by atoms with E-state index in [0.29, 0.717) is 31.5 Å². The molecule has 4 rings (SSSR count). The first kappa shape index (κ1) is 21.9. The topological polar surface area (TPSA) is 110 Å². The minimum absolute atomic E-state index is 0.0211. The Kier molecular flexibility index (Phi) is 6.64. The van der Waals surface area contributed by atoms with Crippen molar-refractivity contribution in [3.8, 4) is 0 Å². The molecule has 9 heteroatoms. The SMILES string of the molecule is O=C(N[C@H]1CC[C@H](CCn2cc(C3(O)CCCC3)nn2)O[C@H]1CO)c1ccccc1F. The van der Waals surface area contributed by atoms with E-state index in [1.54, 1.807) is 16.9 Å². The highest BCUT2D eigenvalue weighted by atomic mass is 19.1. The van der Waals surface area contributed by atoms with Crippen molar-refractivity contribution in [3.63, 3.8) is 0 Å². The second-order valence-electron chi connectivity index (χ2n) is 8.51. The molecule has 1 saturated carbocycles. The van der Waals surface area contributed by atoms with Crippen molar-refractivity contribution in [2.45, 2.75) is 75.3 Å². The van der Waals surface area contributed by atoms with Crippen molar-refractivity contribution in [1.82, 2.24) is 20.3 Å². The molecule has 0 spiro atoms. The second-order valence-corrected chi connectivity index (χ2v) is 8.51. The van der Waals surface area contributed by atoms with Crippen LogP contribution in [-0.2, 0) is 16.9 Å². The van der Waals surface area contributed by atoms with Crippen LogP contribution in [0.1, 0.15) is 61.0 Å². The van der Waals surface area contributed by atoms with Crippen molar-refractivity contribution >= 4 is 5.91 Å². The summed E-state index contributed by atoms with van der Waals surface area (Å²) in [4.78, 5) is 12.4. The van der Waals surface area contributed by atoms with Gasteiger partial charge in [0.05, 0.1) is 30.5 Å². The number of halogens is 1. The molecule has 2 heterocycles. The number of hydrogen-bond acceptors (Lipinski definition) is 6. The number of nitrogens with zero attached hydrogens (tertiary/aromatic N) is 3. The lowest BCUT2D eigenvalue weighted by Crippen LogP contribution is -2.51. The highest BCUT2D eigenvalue weighted by molar-refractivity contribution is 5.94. The molecule has 1 amide bonds. The molecule has 1 aromatic heterocycles. The summed E-state index contributed by atoms with van der Waals surface area (Å²) in [5.74, 6) is -1.09. The summed E-state index contributed by atoms with van der Waals surface area (Å²) in [6.45, 7) is 0.345. The van der Waals surface area contributed by atoms with E-state index in [1.807, 2.05) is 0 Å². The molecule has 0 bridgehead atoms. The maximum absolute atomic E-state index is 13.9. The van der Waals surface area contributed by atoms with Gasteiger partial charge in [0.25, 0.3) is 5.91 Å². The number of carbonyl (C=O) groups excluding carboxylic acids is 1. The third-order valence-electron chi connectivity index (χ3n) is 6.36. The van der Waals surface area contributed by atoms with Crippen molar-refractivity contribution in [2.75, 3.05) is 6.61 Å². The Morgan fingerprint density at radius 3 is 2.81 bits per heavy atom. The van der Waals surface area contributed by atoms with Gasteiger partial charge in [0.2, 0.25) is 0 Å². The summed E-state index contributed by atoms with van der Waals surface area (Å²) in [6.07, 6.45) is 6.57. The highest BCUT2D eigenvalue weighted by Crippen LogP contribution is 2.37. The molecule has 0 radical (unpaired) electrons. The van der Waals surface area contributed by atoms with Gasteiger partial charge in [-0.2, -0.15) is 0 Å². The Bertz CT molecular complexity index is 899. The first-order valence-electron chi connectivity index (χ1n) is 10.9. The standard InChI is InChI=1S/C22H29FN4O4/c23-17-6-2-1-5-16(17)21(29)24-18-8-7-15(31-19(18)14-28)9-12-27-13-20(25-26-27)22(30)10-3-4-11-22/h1-2,5-6,13,15,18-19,28,30H,3-4,7-12,14H2,(H,24,29)/t15-,18+,19+/m1/s1. The van der Waals surface area contributed by atoms with E-state index >= 15 is 0 Å². The van der Waals surface area contributed by atoms with Crippen molar-refractivity contribution in [2.24, 2.45) is 0 Å². The summed E-state index contributed by atoms with van der Waals surface area (Å²) in [5.41, 5.74) is -0.253. The number of hydrogen-bond donors (Lipinski definition) is 3. The number of aliphatic hydroxyl groups is 2. The van der Waals surface area contributed by atoms with E-state index in [2.05, 4.69) is 15.6 Å². The molecular weight excluding hydrogens is 403 g/mol. The number of nitrogens with one attached hydrogen (secondary N) is 1. The molecule has 168 valence electrons. The van der Waals surface area contributed by atoms with Gasteiger partial charge in [-0.3, -0.25) is 9.48 Å². The molecule has 3 atom stereocenters. The molecule has 2 fully saturated rings. The molecule has 8 nitrogen and oxygen atoms in total. The number of aromatic nitrogens is 3. The first-order valence-corrected chi connectivity index (χ1v) is 10.9. The maximum atomic E-state index is 13.9. The van der Waals surface area contributed by atoms with Crippen LogP contribution >= 0.6 is 0 Å². The summed E-state index contributed by atoms with van der Waals surface area (Å²) in [6, 6.07) is 5.42. The Labute approximate surface area is 180 Å². The first-order chi connectivity index (χ1) is 15.0. The highest BCUT2D eigenvalue weighted by Gasteiger charge is 2.36. The Hall–Kier alpha value is -2.36. The summed E-state index contributed by atoms with van der Waals surface area (Å²) >= 11 is 0. The van der Waals surface area contributed by atoms with Crippen LogP contribution in [0, 0.1) is 5.82 Å². The molecule has 1 aliphatic heterocycles. The van der Waals surface area contributed by atoms with Gasteiger partial charge in [-0.05, 0) is 44.2 Å². The fraction of sp³-hybridized carbons (Fsp3) is 0.591. The molecule has 31 heavy (non-hydrogen) atoms. The number of ether oxygens (including phenoxy) is 1. The van der Waals surface area contributed by atoms with Crippen molar-refractivity contribution in [3.05, 3.63) is 47.5 Å². The van der Waals surface area contributed by atoms with Crippen LogP contribution < -0.4 is 5.32 Å². The number of carbonyl (C=O) groups is 1. The van der Waals surface area contributed by atoms with Crippen LogP contribution in [-0.4, -0.2) is 56.0 Å². The average Bonchev–Trinajstić information content (AvgIpc) is 3.43. The maximum Gasteiger partial charge on any atom is 0.254 e. The Balaban J connectivity index is 1.29. The van der Waals surface area contributed by atoms with Crippen LogP contribution in [0.25, 0.3) is 0 Å². The average molecular weight is 432 g/mol. The van der Waals surface area contributed by atoms with Crippen molar-refractivity contribution in [1.29, 1.82) is 0 Å². The van der Waals surface area contributed by atoms with Crippen LogP contribution in [0.3, 0.4) is 0 Å². The monoisotopic (exact) mass is 432 g/mol. The lowest BCUT2D eigenvalue weighted by atomic mass is 9.96. The molecule has 1 aliphatic carbocycles. The van der Waals surface area contributed by atoms with Crippen LogP contribution in [0.15, 0.2) is 30.5 Å². The van der Waals surface area contributed by atoms with Crippen LogP contribution in [0.4, 0.5) is 4.39 Å². The predicted octanol–water partition coefficient (Wildman–Crippen LogP) is 1.91. The van der Waals surface area contributed by atoms with Crippen LogP contribution in [0.2, 0.25) is 0 Å². The molecule has 2 aliphatic rings. The molecule has 0 unspecified atom stereocenters. The van der Waals surface area contributed by atoms with E-state index < -0.39 is 23.4 Å². The molecule has 1 aromatic carbocycles. The van der Waals surface area contributed by atoms with Gasteiger partial charge >= 0.3 is 0 Å². The lowest BCUT2D eigenvalue weighted by Gasteiger charge is -2.36. The molecule has 3 N–H and O–H groups in total. The normalized spacial score (nSPS) is 25.5. The largest absolute Gasteiger partial charge is 0.394 e. The summed E-state index contributed by atoms with van der Waals surface area (Å²) < 4.78 is 21.6. The second kappa shape index (κ2) is 9.42. The minimum Gasteiger partial charge on any atom is -0.394 e. The zero-order valence-corrected chi connectivity index (χ0v) is 17.4. The van der Waals surface area contributed by atoms with Gasteiger partial charge in [0.15, 0.2) is 0 Å². The van der Waals surface area contributed by atoms with Gasteiger partial charge in [-0.25, -0.2) is 4.39 Å². The fourth-order valence-corrected chi connectivity index (χ4v) is 4.51. The van der Waals surface area contributed by atoms with E-state index in [4.69, 9.17) is 4.74 Å². The fourth-order valence-electron chi connectivity index (χ4n) is 4.51. The predicted molar refractivity (Wildman–Crippen MR) is 110 cm³/mol. The number of aliphatic hydroxyl groups excluding tert-OH is 1. The van der Waals surface area contributed by atoms with E-state index in [0.717, 1.165) is 25.7 Å². The number of aryl methyl sites for hydroxylation is 1. The smallest absolute Gasteiger partial charge is 0.254 e. The van der Waals surface area contributed by atoms with Gasteiger partial charge in [-0.15, -0.1) is 5.10 Å². The quantitative estimate of drug-likeness (QED) is 0.617. The van der Waals surface area contributed by atoms with Gasteiger partial charge in [0.1, 0.15) is 23.2 Å². The zero-order chi connectivity index (χ0) is 21.8. The number of amides is 1.